The first kappa shape index (κ1) is 25.9. The number of anilines is 1. The van der Waals surface area contributed by atoms with Gasteiger partial charge in [-0.05, 0) is 68.4 Å². The van der Waals surface area contributed by atoms with Gasteiger partial charge in [-0.15, -0.1) is 0 Å². The van der Waals surface area contributed by atoms with Crippen molar-refractivity contribution in [3.63, 3.8) is 0 Å². The number of amides is 1. The lowest BCUT2D eigenvalue weighted by Gasteiger charge is -2.29. The molecule has 0 radical (unpaired) electrons. The van der Waals surface area contributed by atoms with Gasteiger partial charge in [0.2, 0.25) is 15.9 Å². The molecule has 3 rings (SSSR count). The standard InChI is InChI=1S/C26H30N2O6S/c1-18(24-17-23(32-3)15-16-25(24)33-4)27-26(29)19(2)28(35(5,30)31)20-11-13-22(14-12-20)34-21-9-7-6-8-10-21/h6-19H,1-5H3,(H,27,29)/t18-,19+/m1/s1. The fourth-order valence-corrected chi connectivity index (χ4v) is 4.86. The molecule has 186 valence electrons. The van der Waals surface area contributed by atoms with Crippen molar-refractivity contribution in [1.29, 1.82) is 0 Å². The molecule has 0 saturated heterocycles. The van der Waals surface area contributed by atoms with Crippen molar-refractivity contribution < 1.29 is 27.4 Å². The van der Waals surface area contributed by atoms with Crippen LogP contribution in [0, 0.1) is 0 Å². The molecular weight excluding hydrogens is 468 g/mol. The van der Waals surface area contributed by atoms with Gasteiger partial charge >= 0.3 is 0 Å². The van der Waals surface area contributed by atoms with Crippen molar-refractivity contribution in [2.24, 2.45) is 0 Å². The van der Waals surface area contributed by atoms with Gasteiger partial charge in [0.25, 0.3) is 0 Å². The van der Waals surface area contributed by atoms with Gasteiger partial charge in [0.15, 0.2) is 0 Å². The Labute approximate surface area is 206 Å². The second-order valence-electron chi connectivity index (χ2n) is 7.98. The molecular formula is C26H30N2O6S. The summed E-state index contributed by atoms with van der Waals surface area (Å²) in [7, 11) is -0.678. The van der Waals surface area contributed by atoms with Crippen LogP contribution >= 0.6 is 0 Å². The van der Waals surface area contributed by atoms with Gasteiger partial charge in [0.1, 0.15) is 29.0 Å². The molecule has 1 N–H and O–H groups in total. The average molecular weight is 499 g/mol. The SMILES string of the molecule is COc1ccc(OC)c([C@@H](C)NC(=O)[C@H](C)N(c2ccc(Oc3ccccc3)cc2)S(C)(=O)=O)c1. The lowest BCUT2D eigenvalue weighted by Crippen LogP contribution is -2.48. The molecule has 0 unspecified atom stereocenters. The molecule has 0 aromatic heterocycles. The number of methoxy groups -OCH3 is 2. The molecule has 8 nitrogen and oxygen atoms in total. The number of ether oxygens (including phenoxy) is 3. The van der Waals surface area contributed by atoms with Crippen LogP contribution in [0.15, 0.2) is 72.8 Å². The zero-order valence-electron chi connectivity index (χ0n) is 20.4. The van der Waals surface area contributed by atoms with Crippen molar-refractivity contribution >= 4 is 21.6 Å². The Kier molecular flexibility index (Phi) is 8.24. The maximum absolute atomic E-state index is 13.1. The minimum Gasteiger partial charge on any atom is -0.497 e. The molecule has 0 heterocycles. The Morgan fingerprint density at radius 1 is 0.857 bits per heavy atom. The van der Waals surface area contributed by atoms with Gasteiger partial charge in [-0.2, -0.15) is 0 Å². The smallest absolute Gasteiger partial charge is 0.244 e. The fourth-order valence-electron chi connectivity index (χ4n) is 3.68. The summed E-state index contributed by atoms with van der Waals surface area (Å²) >= 11 is 0. The topological polar surface area (TPSA) is 94.2 Å². The van der Waals surface area contributed by atoms with Crippen molar-refractivity contribution in [2.75, 3.05) is 24.8 Å². The molecule has 35 heavy (non-hydrogen) atoms. The molecule has 3 aromatic rings. The molecule has 0 aliphatic carbocycles. The largest absolute Gasteiger partial charge is 0.497 e. The summed E-state index contributed by atoms with van der Waals surface area (Å²) in [4.78, 5) is 13.1. The molecule has 0 saturated carbocycles. The molecule has 3 aromatic carbocycles. The lowest BCUT2D eigenvalue weighted by atomic mass is 10.1. The summed E-state index contributed by atoms with van der Waals surface area (Å²) in [6.07, 6.45) is 1.07. The number of sulfonamides is 1. The van der Waals surface area contributed by atoms with Crippen LogP contribution in [0.4, 0.5) is 5.69 Å². The van der Waals surface area contributed by atoms with Crippen molar-refractivity contribution in [1.82, 2.24) is 5.32 Å². The minimum absolute atomic E-state index is 0.349. The van der Waals surface area contributed by atoms with Crippen molar-refractivity contribution in [3.8, 4) is 23.0 Å². The van der Waals surface area contributed by atoms with E-state index in [1.54, 1.807) is 70.5 Å². The number of hydrogen-bond acceptors (Lipinski definition) is 6. The normalized spacial score (nSPS) is 12.8. The summed E-state index contributed by atoms with van der Waals surface area (Å²) < 4.78 is 42.9. The monoisotopic (exact) mass is 498 g/mol. The van der Waals surface area contributed by atoms with E-state index in [2.05, 4.69) is 5.32 Å². The van der Waals surface area contributed by atoms with Crippen LogP contribution in [0.1, 0.15) is 25.5 Å². The third-order valence-electron chi connectivity index (χ3n) is 5.42. The number of hydrogen-bond donors (Lipinski definition) is 1. The maximum atomic E-state index is 13.1. The molecule has 0 aliphatic rings. The third-order valence-corrected chi connectivity index (χ3v) is 6.66. The number of para-hydroxylation sites is 1. The van der Waals surface area contributed by atoms with E-state index < -0.39 is 28.0 Å². The summed E-state index contributed by atoms with van der Waals surface area (Å²) in [5, 5.41) is 2.88. The van der Waals surface area contributed by atoms with Gasteiger partial charge in [-0.3, -0.25) is 9.10 Å². The summed E-state index contributed by atoms with van der Waals surface area (Å²) in [6, 6.07) is 19.6. The van der Waals surface area contributed by atoms with Crippen LogP contribution in [0.5, 0.6) is 23.0 Å². The highest BCUT2D eigenvalue weighted by molar-refractivity contribution is 7.92. The van der Waals surface area contributed by atoms with Crippen molar-refractivity contribution in [3.05, 3.63) is 78.4 Å². The van der Waals surface area contributed by atoms with E-state index >= 15 is 0 Å². The Morgan fingerprint density at radius 2 is 1.46 bits per heavy atom. The summed E-state index contributed by atoms with van der Waals surface area (Å²) in [5.74, 6) is 1.95. The Morgan fingerprint density at radius 3 is 2.03 bits per heavy atom. The van der Waals surface area contributed by atoms with E-state index in [4.69, 9.17) is 14.2 Å². The van der Waals surface area contributed by atoms with Crippen LogP contribution in [0.25, 0.3) is 0 Å². The quantitative estimate of drug-likeness (QED) is 0.441. The van der Waals surface area contributed by atoms with Gasteiger partial charge in [-0.1, -0.05) is 18.2 Å². The van der Waals surface area contributed by atoms with Gasteiger partial charge in [0, 0.05) is 5.56 Å². The third kappa shape index (κ3) is 6.45. The number of rotatable bonds is 10. The Hall–Kier alpha value is -3.72. The highest BCUT2D eigenvalue weighted by Gasteiger charge is 2.30. The van der Waals surface area contributed by atoms with E-state index in [1.165, 1.54) is 0 Å². The first-order valence-electron chi connectivity index (χ1n) is 11.0. The molecule has 0 fully saturated rings. The zero-order valence-corrected chi connectivity index (χ0v) is 21.2. The highest BCUT2D eigenvalue weighted by atomic mass is 32.2. The number of carbonyl (C=O) groups is 1. The van der Waals surface area contributed by atoms with Crippen LogP contribution in [0.2, 0.25) is 0 Å². The number of carbonyl (C=O) groups excluding carboxylic acids is 1. The molecule has 0 aliphatic heterocycles. The van der Waals surface area contributed by atoms with Crippen LogP contribution in [0.3, 0.4) is 0 Å². The summed E-state index contributed by atoms with van der Waals surface area (Å²) in [5.41, 5.74) is 1.06. The van der Waals surface area contributed by atoms with E-state index in [0.717, 1.165) is 10.6 Å². The Balaban J connectivity index is 1.80. The first-order valence-corrected chi connectivity index (χ1v) is 12.8. The predicted octanol–water partition coefficient (Wildman–Crippen LogP) is 4.53. The molecule has 9 heteroatoms. The second-order valence-corrected chi connectivity index (χ2v) is 9.84. The number of nitrogens with zero attached hydrogens (tertiary/aromatic N) is 1. The van der Waals surface area contributed by atoms with Crippen molar-refractivity contribution in [2.45, 2.75) is 25.9 Å². The molecule has 0 spiro atoms. The van der Waals surface area contributed by atoms with Gasteiger partial charge in [-0.25, -0.2) is 8.42 Å². The van der Waals surface area contributed by atoms with Crippen LogP contribution in [-0.2, 0) is 14.8 Å². The highest BCUT2D eigenvalue weighted by Crippen LogP contribution is 2.30. The fraction of sp³-hybridized carbons (Fsp3) is 0.269. The zero-order chi connectivity index (χ0) is 25.6. The lowest BCUT2D eigenvalue weighted by molar-refractivity contribution is -0.122. The maximum Gasteiger partial charge on any atom is 0.244 e. The van der Waals surface area contributed by atoms with Crippen LogP contribution < -0.4 is 23.8 Å². The van der Waals surface area contributed by atoms with Crippen LogP contribution in [-0.4, -0.2) is 40.8 Å². The van der Waals surface area contributed by atoms with E-state index in [0.29, 0.717) is 34.2 Å². The number of nitrogens with one attached hydrogen (secondary N) is 1. The van der Waals surface area contributed by atoms with Gasteiger partial charge < -0.3 is 19.5 Å². The van der Waals surface area contributed by atoms with E-state index in [9.17, 15) is 13.2 Å². The predicted molar refractivity (Wildman–Crippen MR) is 136 cm³/mol. The first-order chi connectivity index (χ1) is 16.6. The second kappa shape index (κ2) is 11.1. The Bertz CT molecular complexity index is 1250. The summed E-state index contributed by atoms with van der Waals surface area (Å²) in [6.45, 7) is 3.34. The van der Waals surface area contributed by atoms with E-state index in [-0.39, 0.29) is 0 Å². The average Bonchev–Trinajstić information content (AvgIpc) is 2.84. The minimum atomic E-state index is -3.77. The van der Waals surface area contributed by atoms with Gasteiger partial charge in [0.05, 0.1) is 32.2 Å². The number of benzene rings is 3. The van der Waals surface area contributed by atoms with E-state index in [1.807, 2.05) is 30.3 Å². The molecule has 0 bridgehead atoms. The molecule has 2 atom stereocenters. The molecule has 1 amide bonds.